The van der Waals surface area contributed by atoms with Crippen LogP contribution in [0.4, 0.5) is 0 Å². The minimum Gasteiger partial charge on any atom is -0.464 e. The molecule has 0 saturated carbocycles. The highest BCUT2D eigenvalue weighted by molar-refractivity contribution is 6.11. The molecule has 0 aliphatic carbocycles. The molecule has 0 radical (unpaired) electrons. The molecule has 1 amide bonds. The van der Waals surface area contributed by atoms with Gasteiger partial charge in [-0.2, -0.15) is 0 Å². The molecule has 0 spiro atoms. The fraction of sp³-hybridized carbons (Fsp3) is 0.471. The molecule has 5 heteroatoms. The highest BCUT2D eigenvalue weighted by Crippen LogP contribution is 2.29. The van der Waals surface area contributed by atoms with Crippen LogP contribution in [0.15, 0.2) is 35.3 Å². The monoisotopic (exact) mass is 302 g/mol. The Balaban J connectivity index is 2.19. The van der Waals surface area contributed by atoms with Crippen LogP contribution in [0.1, 0.15) is 45.2 Å². The zero-order valence-electron chi connectivity index (χ0n) is 13.3. The molecule has 1 aliphatic heterocycles. The minimum absolute atomic E-state index is 0.198. The summed E-state index contributed by atoms with van der Waals surface area (Å²) >= 11 is 0. The van der Waals surface area contributed by atoms with E-state index < -0.39 is 11.5 Å². The summed E-state index contributed by atoms with van der Waals surface area (Å²) in [5.41, 5.74) is 0.354. The fourth-order valence-electron chi connectivity index (χ4n) is 2.60. The van der Waals surface area contributed by atoms with Gasteiger partial charge in [0.15, 0.2) is 0 Å². The molecule has 0 aromatic heterocycles. The molecule has 0 fully saturated rings. The second kappa shape index (κ2) is 6.73. The molecule has 1 N–H and O–H groups in total. The number of esters is 1. The van der Waals surface area contributed by atoms with Crippen LogP contribution >= 0.6 is 0 Å². The summed E-state index contributed by atoms with van der Waals surface area (Å²) in [5.74, 6) is -0.955. The topological polar surface area (TPSA) is 67.8 Å². The van der Waals surface area contributed by atoms with Gasteiger partial charge < -0.3 is 10.1 Å². The van der Waals surface area contributed by atoms with Gasteiger partial charge in [-0.15, -0.1) is 0 Å². The van der Waals surface area contributed by atoms with Crippen LogP contribution in [0.3, 0.4) is 0 Å². The van der Waals surface area contributed by atoms with Gasteiger partial charge in [0.05, 0.1) is 12.6 Å². The second-order valence-electron chi connectivity index (χ2n) is 5.53. The Hall–Kier alpha value is -2.17. The van der Waals surface area contributed by atoms with Crippen LogP contribution in [-0.4, -0.2) is 29.7 Å². The standard InChI is InChI=1S/C17H22N2O3/c1-4-22-16(21)17(11-10-12(2)19-17)15(20)18-13(3)14-8-6-5-7-9-14/h5-9,13H,4,10-11H2,1-3H3,(H,18,20)/t13-,17?/m0/s1. The van der Waals surface area contributed by atoms with Crippen molar-refractivity contribution in [3.8, 4) is 0 Å². The lowest BCUT2D eigenvalue weighted by molar-refractivity contribution is -0.154. The maximum absolute atomic E-state index is 12.7. The van der Waals surface area contributed by atoms with E-state index in [4.69, 9.17) is 4.74 Å². The average Bonchev–Trinajstić information content (AvgIpc) is 2.92. The lowest BCUT2D eigenvalue weighted by Crippen LogP contribution is -2.51. The van der Waals surface area contributed by atoms with Crippen molar-refractivity contribution in [2.24, 2.45) is 4.99 Å². The van der Waals surface area contributed by atoms with Crippen molar-refractivity contribution in [1.29, 1.82) is 0 Å². The summed E-state index contributed by atoms with van der Waals surface area (Å²) in [7, 11) is 0. The van der Waals surface area contributed by atoms with Gasteiger partial charge in [0.2, 0.25) is 5.54 Å². The van der Waals surface area contributed by atoms with E-state index in [-0.39, 0.29) is 18.6 Å². The van der Waals surface area contributed by atoms with Crippen LogP contribution in [0.5, 0.6) is 0 Å². The van der Waals surface area contributed by atoms with Crippen molar-refractivity contribution in [3.05, 3.63) is 35.9 Å². The number of carbonyl (C=O) groups is 2. The molecule has 118 valence electrons. The molecular weight excluding hydrogens is 280 g/mol. The van der Waals surface area contributed by atoms with E-state index in [2.05, 4.69) is 10.3 Å². The first-order valence-corrected chi connectivity index (χ1v) is 7.58. The molecule has 22 heavy (non-hydrogen) atoms. The van der Waals surface area contributed by atoms with Gasteiger partial charge in [-0.3, -0.25) is 9.79 Å². The zero-order chi connectivity index (χ0) is 16.2. The maximum Gasteiger partial charge on any atom is 0.343 e. The smallest absolute Gasteiger partial charge is 0.343 e. The predicted octanol–water partition coefficient (Wildman–Crippen LogP) is 2.42. The van der Waals surface area contributed by atoms with Crippen molar-refractivity contribution in [3.63, 3.8) is 0 Å². The number of nitrogens with one attached hydrogen (secondary N) is 1. The van der Waals surface area contributed by atoms with Gasteiger partial charge >= 0.3 is 5.97 Å². The van der Waals surface area contributed by atoms with Crippen LogP contribution in [0, 0.1) is 0 Å². The number of benzene rings is 1. The average molecular weight is 302 g/mol. The molecule has 5 nitrogen and oxygen atoms in total. The Kier molecular flexibility index (Phi) is 4.96. The van der Waals surface area contributed by atoms with Crippen LogP contribution in [-0.2, 0) is 14.3 Å². The van der Waals surface area contributed by atoms with E-state index in [1.165, 1.54) is 0 Å². The van der Waals surface area contributed by atoms with Crippen LogP contribution < -0.4 is 5.32 Å². The Morgan fingerprint density at radius 3 is 2.59 bits per heavy atom. The number of aliphatic imine (C=N–C) groups is 1. The van der Waals surface area contributed by atoms with Crippen LogP contribution in [0.2, 0.25) is 0 Å². The summed E-state index contributed by atoms with van der Waals surface area (Å²) in [6, 6.07) is 9.42. The predicted molar refractivity (Wildman–Crippen MR) is 84.7 cm³/mol. The summed E-state index contributed by atoms with van der Waals surface area (Å²) in [4.78, 5) is 29.3. The van der Waals surface area contributed by atoms with Gasteiger partial charge in [0.25, 0.3) is 5.91 Å². The molecule has 1 aromatic rings. The highest BCUT2D eigenvalue weighted by Gasteiger charge is 2.50. The molecule has 1 heterocycles. The van der Waals surface area contributed by atoms with Crippen molar-refractivity contribution >= 4 is 17.6 Å². The number of carbonyl (C=O) groups excluding carboxylic acids is 2. The van der Waals surface area contributed by atoms with E-state index in [1.54, 1.807) is 6.92 Å². The zero-order valence-corrected chi connectivity index (χ0v) is 13.3. The number of ether oxygens (including phenoxy) is 1. The number of rotatable bonds is 5. The maximum atomic E-state index is 12.7. The lowest BCUT2D eigenvalue weighted by atomic mass is 9.94. The third-order valence-electron chi connectivity index (χ3n) is 3.87. The first kappa shape index (κ1) is 16.2. The SMILES string of the molecule is CCOC(=O)C1(C(=O)N[C@@H](C)c2ccccc2)CCC(C)=N1. The molecule has 2 atom stereocenters. The van der Waals surface area contributed by atoms with E-state index in [1.807, 2.05) is 44.2 Å². The van der Waals surface area contributed by atoms with E-state index in [9.17, 15) is 9.59 Å². The molecule has 1 unspecified atom stereocenters. The minimum atomic E-state index is -1.43. The molecular formula is C17H22N2O3. The Labute approximate surface area is 130 Å². The summed E-state index contributed by atoms with van der Waals surface area (Å²) in [6.07, 6.45) is 0.997. The van der Waals surface area contributed by atoms with Crippen molar-refractivity contribution in [2.75, 3.05) is 6.61 Å². The molecule has 2 rings (SSSR count). The molecule has 0 saturated heterocycles. The van der Waals surface area contributed by atoms with Crippen LogP contribution in [0.25, 0.3) is 0 Å². The lowest BCUT2D eigenvalue weighted by Gasteiger charge is -2.25. The molecule has 0 bridgehead atoms. The van der Waals surface area contributed by atoms with Crippen molar-refractivity contribution < 1.29 is 14.3 Å². The number of hydrogen-bond donors (Lipinski definition) is 1. The summed E-state index contributed by atoms with van der Waals surface area (Å²) in [5, 5.41) is 2.89. The van der Waals surface area contributed by atoms with E-state index in [0.29, 0.717) is 12.8 Å². The van der Waals surface area contributed by atoms with Gasteiger partial charge in [-0.1, -0.05) is 30.3 Å². The van der Waals surface area contributed by atoms with Gasteiger partial charge in [-0.25, -0.2) is 4.79 Å². The normalized spacial score (nSPS) is 21.9. The van der Waals surface area contributed by atoms with Crippen molar-refractivity contribution in [2.45, 2.75) is 45.2 Å². The Morgan fingerprint density at radius 2 is 2.05 bits per heavy atom. The number of amides is 1. The first-order valence-electron chi connectivity index (χ1n) is 7.58. The number of hydrogen-bond acceptors (Lipinski definition) is 4. The summed E-state index contributed by atoms with van der Waals surface area (Å²) in [6.45, 7) is 5.67. The fourth-order valence-corrected chi connectivity index (χ4v) is 2.60. The van der Waals surface area contributed by atoms with Crippen molar-refractivity contribution in [1.82, 2.24) is 5.32 Å². The first-order chi connectivity index (χ1) is 10.5. The highest BCUT2D eigenvalue weighted by atomic mass is 16.5. The van der Waals surface area contributed by atoms with Gasteiger partial charge in [0, 0.05) is 5.71 Å². The molecule has 1 aromatic carbocycles. The third kappa shape index (κ3) is 3.18. The Morgan fingerprint density at radius 1 is 1.36 bits per heavy atom. The van der Waals surface area contributed by atoms with Gasteiger partial charge in [0.1, 0.15) is 0 Å². The number of nitrogens with zero attached hydrogens (tertiary/aromatic N) is 1. The Bertz CT molecular complexity index is 583. The summed E-state index contributed by atoms with van der Waals surface area (Å²) < 4.78 is 5.08. The largest absolute Gasteiger partial charge is 0.464 e. The molecule has 1 aliphatic rings. The quantitative estimate of drug-likeness (QED) is 0.671. The van der Waals surface area contributed by atoms with E-state index >= 15 is 0 Å². The third-order valence-corrected chi connectivity index (χ3v) is 3.87. The second-order valence-corrected chi connectivity index (χ2v) is 5.53. The van der Waals surface area contributed by atoms with Gasteiger partial charge in [-0.05, 0) is 39.2 Å². The van der Waals surface area contributed by atoms with E-state index in [0.717, 1.165) is 11.3 Å².